The van der Waals surface area contributed by atoms with Gasteiger partial charge in [-0.25, -0.2) is 0 Å². The maximum atomic E-state index is 11.9. The number of halogens is 2. The monoisotopic (exact) mass is 409 g/mol. The Morgan fingerprint density at radius 1 is 1.15 bits per heavy atom. The Labute approximate surface area is 137 Å². The van der Waals surface area contributed by atoms with E-state index in [4.69, 9.17) is 0 Å². The third-order valence-electron chi connectivity index (χ3n) is 2.84. The smallest absolute Gasteiger partial charge is 0.268 e. The molecule has 0 aromatic carbocycles. The van der Waals surface area contributed by atoms with Crippen LogP contribution < -0.4 is 0 Å². The molecular weight excluding hydrogens is 390 g/mol. The third-order valence-corrected chi connectivity index (χ3v) is 4.71. The Bertz CT molecular complexity index is 388. The SMILES string of the molecule is C/C(Br)=C(/Br)C(=O)N(C=O)CCCCCC(=O)C(C)C. The van der Waals surface area contributed by atoms with Crippen molar-refractivity contribution in [3.63, 3.8) is 0 Å². The minimum atomic E-state index is -0.354. The molecule has 0 heterocycles. The number of amides is 2. The summed E-state index contributed by atoms with van der Waals surface area (Å²) in [6.07, 6.45) is 3.43. The zero-order chi connectivity index (χ0) is 15.7. The van der Waals surface area contributed by atoms with Gasteiger partial charge in [0.15, 0.2) is 0 Å². The summed E-state index contributed by atoms with van der Waals surface area (Å²) in [5.41, 5.74) is 0. The lowest BCUT2D eigenvalue weighted by molar-refractivity contribution is -0.134. The van der Waals surface area contributed by atoms with Crippen LogP contribution in [-0.2, 0) is 14.4 Å². The molecule has 6 heteroatoms. The molecule has 0 aliphatic heterocycles. The maximum absolute atomic E-state index is 11.9. The molecule has 0 aliphatic carbocycles. The summed E-state index contributed by atoms with van der Waals surface area (Å²) < 4.78 is 0.997. The van der Waals surface area contributed by atoms with Gasteiger partial charge >= 0.3 is 0 Å². The van der Waals surface area contributed by atoms with Crippen molar-refractivity contribution in [3.8, 4) is 0 Å². The molecule has 0 saturated carbocycles. The fourth-order valence-corrected chi connectivity index (χ4v) is 1.92. The highest BCUT2D eigenvalue weighted by Gasteiger charge is 2.17. The summed E-state index contributed by atoms with van der Waals surface area (Å²) >= 11 is 6.34. The standard InChI is InChI=1S/C14H21Br2NO3/c1-10(2)12(19)7-5-4-6-8-17(9-18)14(20)13(16)11(3)15/h9-10H,4-8H2,1-3H3/b13-11-. The van der Waals surface area contributed by atoms with Gasteiger partial charge in [-0.1, -0.05) is 36.2 Å². The predicted octanol–water partition coefficient (Wildman–Crippen LogP) is 3.78. The van der Waals surface area contributed by atoms with Gasteiger partial charge in [-0.2, -0.15) is 0 Å². The van der Waals surface area contributed by atoms with E-state index < -0.39 is 0 Å². The zero-order valence-corrected chi connectivity index (χ0v) is 15.3. The third kappa shape index (κ3) is 7.33. The Morgan fingerprint density at radius 3 is 2.20 bits per heavy atom. The number of allylic oxidation sites excluding steroid dienone is 1. The molecule has 114 valence electrons. The molecule has 0 rings (SSSR count). The van der Waals surface area contributed by atoms with Gasteiger partial charge in [0.25, 0.3) is 5.91 Å². The van der Waals surface area contributed by atoms with E-state index in [1.54, 1.807) is 6.92 Å². The largest absolute Gasteiger partial charge is 0.299 e. The van der Waals surface area contributed by atoms with Crippen molar-refractivity contribution in [1.82, 2.24) is 4.90 Å². The first-order chi connectivity index (χ1) is 9.31. The van der Waals surface area contributed by atoms with Crippen LogP contribution in [0.1, 0.15) is 46.5 Å². The van der Waals surface area contributed by atoms with Crippen molar-refractivity contribution < 1.29 is 14.4 Å². The number of hydrogen-bond acceptors (Lipinski definition) is 3. The molecule has 0 unspecified atom stereocenters. The van der Waals surface area contributed by atoms with Crippen LogP contribution in [0.25, 0.3) is 0 Å². The molecule has 0 N–H and O–H groups in total. The van der Waals surface area contributed by atoms with Crippen LogP contribution in [0.3, 0.4) is 0 Å². The summed E-state index contributed by atoms with van der Waals surface area (Å²) in [5, 5.41) is 0. The highest BCUT2D eigenvalue weighted by atomic mass is 79.9. The molecule has 0 aromatic heterocycles. The topological polar surface area (TPSA) is 54.5 Å². The van der Waals surface area contributed by atoms with E-state index in [0.29, 0.717) is 34.8 Å². The molecule has 4 nitrogen and oxygen atoms in total. The van der Waals surface area contributed by atoms with E-state index in [-0.39, 0.29) is 17.6 Å². The van der Waals surface area contributed by atoms with Crippen LogP contribution in [0.15, 0.2) is 8.96 Å². The number of nitrogens with zero attached hydrogens (tertiary/aromatic N) is 1. The van der Waals surface area contributed by atoms with Gasteiger partial charge in [0, 0.05) is 23.4 Å². The lowest BCUT2D eigenvalue weighted by Gasteiger charge is -2.15. The van der Waals surface area contributed by atoms with E-state index >= 15 is 0 Å². The second kappa shape index (κ2) is 10.3. The summed E-state index contributed by atoms with van der Waals surface area (Å²) in [5.74, 6) is -0.0207. The maximum Gasteiger partial charge on any atom is 0.268 e. The first kappa shape index (κ1) is 19.5. The van der Waals surface area contributed by atoms with E-state index in [1.165, 1.54) is 0 Å². The lowest BCUT2D eigenvalue weighted by atomic mass is 10.0. The van der Waals surface area contributed by atoms with Gasteiger partial charge in [0.2, 0.25) is 6.41 Å². The van der Waals surface area contributed by atoms with Crippen molar-refractivity contribution in [2.24, 2.45) is 5.92 Å². The van der Waals surface area contributed by atoms with Crippen molar-refractivity contribution in [1.29, 1.82) is 0 Å². The minimum Gasteiger partial charge on any atom is -0.299 e. The number of Topliss-reactive ketones (excluding diaryl/α,β-unsaturated/α-hetero) is 1. The van der Waals surface area contributed by atoms with E-state index in [0.717, 1.165) is 17.7 Å². The Balaban J connectivity index is 4.10. The number of carbonyl (C=O) groups is 3. The molecule has 0 aromatic rings. The number of carbonyl (C=O) groups excluding carboxylic acids is 3. The number of imide groups is 1. The second-order valence-electron chi connectivity index (χ2n) is 4.88. The highest BCUT2D eigenvalue weighted by Crippen LogP contribution is 2.19. The zero-order valence-electron chi connectivity index (χ0n) is 12.1. The van der Waals surface area contributed by atoms with Crippen LogP contribution in [0.2, 0.25) is 0 Å². The van der Waals surface area contributed by atoms with Gasteiger partial charge in [-0.15, -0.1) is 0 Å². The molecule has 0 saturated heterocycles. The number of unbranched alkanes of at least 4 members (excludes halogenated alkanes) is 2. The van der Waals surface area contributed by atoms with Crippen LogP contribution in [0, 0.1) is 5.92 Å². The molecule has 0 fully saturated rings. The molecule has 2 amide bonds. The van der Waals surface area contributed by atoms with E-state index in [9.17, 15) is 14.4 Å². The summed E-state index contributed by atoms with van der Waals surface area (Å²) in [7, 11) is 0. The van der Waals surface area contributed by atoms with Crippen molar-refractivity contribution in [2.45, 2.75) is 46.5 Å². The number of rotatable bonds is 9. The predicted molar refractivity (Wildman–Crippen MR) is 86.6 cm³/mol. The average molecular weight is 411 g/mol. The van der Waals surface area contributed by atoms with Gasteiger partial charge in [-0.05, 0) is 35.7 Å². The number of hydrogen-bond donors (Lipinski definition) is 0. The van der Waals surface area contributed by atoms with E-state index in [2.05, 4.69) is 31.9 Å². The van der Waals surface area contributed by atoms with Crippen LogP contribution in [0.4, 0.5) is 0 Å². The van der Waals surface area contributed by atoms with Gasteiger partial charge in [0.1, 0.15) is 5.78 Å². The summed E-state index contributed by atoms with van der Waals surface area (Å²) in [4.78, 5) is 35.4. The van der Waals surface area contributed by atoms with E-state index in [1.807, 2.05) is 13.8 Å². The molecule has 20 heavy (non-hydrogen) atoms. The Morgan fingerprint density at radius 2 is 1.75 bits per heavy atom. The van der Waals surface area contributed by atoms with Crippen molar-refractivity contribution in [2.75, 3.05) is 6.54 Å². The summed E-state index contributed by atoms with van der Waals surface area (Å²) in [6, 6.07) is 0. The van der Waals surface area contributed by atoms with Crippen molar-refractivity contribution in [3.05, 3.63) is 8.96 Å². The molecule has 0 radical (unpaired) electrons. The van der Waals surface area contributed by atoms with Gasteiger partial charge in [0.05, 0.1) is 4.48 Å². The highest BCUT2D eigenvalue weighted by molar-refractivity contribution is 9.14. The average Bonchev–Trinajstić information content (AvgIpc) is 2.40. The molecular formula is C14H21Br2NO3. The van der Waals surface area contributed by atoms with Crippen LogP contribution >= 0.6 is 31.9 Å². The molecule has 0 atom stereocenters. The van der Waals surface area contributed by atoms with Crippen LogP contribution in [0.5, 0.6) is 0 Å². The van der Waals surface area contributed by atoms with Crippen LogP contribution in [-0.4, -0.2) is 29.5 Å². The molecule has 0 bridgehead atoms. The lowest BCUT2D eigenvalue weighted by Crippen LogP contribution is -2.30. The quantitative estimate of drug-likeness (QED) is 0.330. The fourth-order valence-electron chi connectivity index (χ4n) is 1.52. The first-order valence-corrected chi connectivity index (χ1v) is 8.20. The minimum absolute atomic E-state index is 0.0750. The molecule has 0 spiro atoms. The Hall–Kier alpha value is -0.490. The van der Waals surface area contributed by atoms with Gasteiger partial charge < -0.3 is 0 Å². The van der Waals surface area contributed by atoms with Crippen molar-refractivity contribution >= 4 is 50.0 Å². The van der Waals surface area contributed by atoms with Gasteiger partial charge in [-0.3, -0.25) is 19.3 Å². The Kier molecular flexibility index (Phi) is 10.0. The molecule has 0 aliphatic rings. The second-order valence-corrected chi connectivity index (χ2v) is 6.87. The number of ketones is 1. The normalized spacial score (nSPS) is 12.1. The first-order valence-electron chi connectivity index (χ1n) is 6.62. The summed E-state index contributed by atoms with van der Waals surface area (Å²) in [6.45, 7) is 5.87. The fraction of sp³-hybridized carbons (Fsp3) is 0.643.